The Morgan fingerprint density at radius 2 is 2.00 bits per heavy atom. The number of nitrogens with one attached hydrogen (secondary N) is 2. The maximum Gasteiger partial charge on any atom is 0.247 e. The fourth-order valence-corrected chi connectivity index (χ4v) is 4.03. The molecule has 10 nitrogen and oxygen atoms in total. The SMILES string of the molecule is C=CC(=O)Nc1cc(Nc2nccc(-n3ccc4c(C#N)cccc43)n2)c(OC)cc1N(C)CCN(C)C. The number of amides is 1. The third-order valence-electron chi connectivity index (χ3n) is 6.04. The van der Waals surface area contributed by atoms with Crippen molar-refractivity contribution in [1.82, 2.24) is 19.4 Å². The van der Waals surface area contributed by atoms with Crippen molar-refractivity contribution in [2.75, 3.05) is 56.9 Å². The summed E-state index contributed by atoms with van der Waals surface area (Å²) in [7, 11) is 7.56. The number of benzene rings is 2. The van der Waals surface area contributed by atoms with Gasteiger partial charge < -0.3 is 29.7 Å². The van der Waals surface area contributed by atoms with Gasteiger partial charge in [-0.2, -0.15) is 10.2 Å². The molecule has 4 aromatic rings. The van der Waals surface area contributed by atoms with Crippen LogP contribution in [-0.2, 0) is 4.79 Å². The number of nitriles is 1. The minimum atomic E-state index is -0.321. The van der Waals surface area contributed by atoms with E-state index < -0.39 is 0 Å². The molecule has 1 amide bonds. The maximum atomic E-state index is 12.2. The topological polar surface area (TPSA) is 111 Å². The molecule has 0 aliphatic heterocycles. The largest absolute Gasteiger partial charge is 0.494 e. The second-order valence-corrected chi connectivity index (χ2v) is 8.89. The average Bonchev–Trinajstić information content (AvgIpc) is 3.36. The lowest BCUT2D eigenvalue weighted by Gasteiger charge is -2.26. The quantitative estimate of drug-likeness (QED) is 0.306. The highest BCUT2D eigenvalue weighted by Gasteiger charge is 2.17. The summed E-state index contributed by atoms with van der Waals surface area (Å²) in [5, 5.41) is 16.4. The van der Waals surface area contributed by atoms with Crippen LogP contribution in [0, 0.1) is 11.3 Å². The maximum absolute atomic E-state index is 12.2. The molecule has 0 bridgehead atoms. The number of ether oxygens (including phenoxy) is 1. The number of rotatable bonds is 10. The molecule has 0 saturated heterocycles. The van der Waals surface area contributed by atoms with Gasteiger partial charge in [0.2, 0.25) is 11.9 Å². The van der Waals surface area contributed by atoms with Gasteiger partial charge in [0, 0.05) is 44.0 Å². The van der Waals surface area contributed by atoms with E-state index in [-0.39, 0.29) is 5.91 Å². The van der Waals surface area contributed by atoms with Gasteiger partial charge >= 0.3 is 0 Å². The Bertz CT molecular complexity index is 1520. The number of aromatic nitrogens is 3. The number of fused-ring (bicyclic) bond motifs is 1. The third kappa shape index (κ3) is 5.58. The highest BCUT2D eigenvalue weighted by Crippen LogP contribution is 2.38. The Morgan fingerprint density at radius 3 is 2.71 bits per heavy atom. The molecule has 0 fully saturated rings. The Labute approximate surface area is 221 Å². The van der Waals surface area contributed by atoms with Crippen LogP contribution in [0.25, 0.3) is 16.7 Å². The molecule has 0 radical (unpaired) electrons. The van der Waals surface area contributed by atoms with Crippen LogP contribution in [0.15, 0.2) is 67.5 Å². The first-order chi connectivity index (χ1) is 18.3. The Morgan fingerprint density at radius 1 is 1.18 bits per heavy atom. The van der Waals surface area contributed by atoms with Gasteiger partial charge in [-0.25, -0.2) is 4.98 Å². The molecule has 38 heavy (non-hydrogen) atoms. The van der Waals surface area contributed by atoms with Gasteiger partial charge in [-0.1, -0.05) is 12.6 Å². The number of anilines is 4. The van der Waals surface area contributed by atoms with E-state index in [0.717, 1.165) is 29.7 Å². The summed E-state index contributed by atoms with van der Waals surface area (Å²) in [6, 6.07) is 15.1. The third-order valence-corrected chi connectivity index (χ3v) is 6.04. The van der Waals surface area contributed by atoms with Gasteiger partial charge in [-0.15, -0.1) is 0 Å². The lowest BCUT2D eigenvalue weighted by atomic mass is 10.1. The van der Waals surface area contributed by atoms with E-state index in [1.54, 1.807) is 31.5 Å². The summed E-state index contributed by atoms with van der Waals surface area (Å²) in [4.78, 5) is 25.4. The summed E-state index contributed by atoms with van der Waals surface area (Å²) < 4.78 is 7.58. The van der Waals surface area contributed by atoms with Gasteiger partial charge in [-0.05, 0) is 50.5 Å². The van der Waals surface area contributed by atoms with E-state index >= 15 is 0 Å². The number of hydrogen-bond acceptors (Lipinski definition) is 8. The second kappa shape index (κ2) is 11.5. The lowest BCUT2D eigenvalue weighted by molar-refractivity contribution is -0.111. The fourth-order valence-electron chi connectivity index (χ4n) is 4.03. The minimum absolute atomic E-state index is 0.321. The van der Waals surface area contributed by atoms with E-state index in [9.17, 15) is 10.1 Å². The molecule has 0 saturated carbocycles. The molecule has 2 aromatic carbocycles. The van der Waals surface area contributed by atoms with E-state index in [0.29, 0.717) is 34.5 Å². The number of carbonyl (C=O) groups excluding carboxylic acids is 1. The molecule has 0 unspecified atom stereocenters. The molecule has 10 heteroatoms. The van der Waals surface area contributed by atoms with Gasteiger partial charge in [0.1, 0.15) is 11.6 Å². The Balaban J connectivity index is 1.71. The van der Waals surface area contributed by atoms with Crippen molar-refractivity contribution >= 4 is 39.8 Å². The Hall–Kier alpha value is -4.88. The zero-order valence-electron chi connectivity index (χ0n) is 21.9. The lowest BCUT2D eigenvalue weighted by Crippen LogP contribution is -2.29. The number of likely N-dealkylation sites (N-methyl/N-ethyl adjacent to an activating group) is 2. The molecule has 0 atom stereocenters. The molecule has 4 rings (SSSR count). The molecule has 2 aromatic heterocycles. The van der Waals surface area contributed by atoms with Gasteiger partial charge in [-0.3, -0.25) is 4.79 Å². The van der Waals surface area contributed by atoms with Crippen molar-refractivity contribution in [3.63, 3.8) is 0 Å². The molecule has 194 valence electrons. The smallest absolute Gasteiger partial charge is 0.247 e. The summed E-state index contributed by atoms with van der Waals surface area (Å²) >= 11 is 0. The van der Waals surface area contributed by atoms with E-state index in [4.69, 9.17) is 4.74 Å². The van der Waals surface area contributed by atoms with Crippen LogP contribution in [0.4, 0.5) is 23.0 Å². The predicted molar refractivity (Wildman–Crippen MR) is 151 cm³/mol. The van der Waals surface area contributed by atoms with Gasteiger partial charge in [0.25, 0.3) is 0 Å². The van der Waals surface area contributed by atoms with E-state index in [1.807, 2.05) is 56.2 Å². The van der Waals surface area contributed by atoms with Crippen molar-refractivity contribution in [3.05, 3.63) is 73.1 Å². The fraction of sp³-hybridized carbons (Fsp3) is 0.214. The van der Waals surface area contributed by atoms with E-state index in [1.165, 1.54) is 6.08 Å². The zero-order valence-corrected chi connectivity index (χ0v) is 21.9. The molecular weight excluding hydrogens is 480 g/mol. The second-order valence-electron chi connectivity index (χ2n) is 8.89. The first-order valence-electron chi connectivity index (χ1n) is 12.0. The highest BCUT2D eigenvalue weighted by atomic mass is 16.5. The van der Waals surface area contributed by atoms with Crippen LogP contribution in [0.5, 0.6) is 5.75 Å². The number of hydrogen-bond donors (Lipinski definition) is 2. The minimum Gasteiger partial charge on any atom is -0.494 e. The first kappa shape index (κ1) is 26.2. The summed E-state index contributed by atoms with van der Waals surface area (Å²) in [5.74, 6) is 1.21. The van der Waals surface area contributed by atoms with Crippen molar-refractivity contribution in [3.8, 4) is 17.6 Å². The molecule has 0 aliphatic rings. The first-order valence-corrected chi connectivity index (χ1v) is 12.0. The molecule has 2 N–H and O–H groups in total. The van der Waals surface area contributed by atoms with Crippen LogP contribution in [0.3, 0.4) is 0 Å². The number of carbonyl (C=O) groups is 1. The number of nitrogens with zero attached hydrogens (tertiary/aromatic N) is 6. The van der Waals surface area contributed by atoms with Crippen LogP contribution >= 0.6 is 0 Å². The van der Waals surface area contributed by atoms with Crippen molar-refractivity contribution in [2.45, 2.75) is 0 Å². The van der Waals surface area contributed by atoms with Crippen LogP contribution in [0.1, 0.15) is 5.56 Å². The van der Waals surface area contributed by atoms with E-state index in [2.05, 4.69) is 43.0 Å². The monoisotopic (exact) mass is 510 g/mol. The summed E-state index contributed by atoms with van der Waals surface area (Å²) in [5.41, 5.74) is 3.44. The van der Waals surface area contributed by atoms with Gasteiger partial charge in [0.15, 0.2) is 0 Å². The van der Waals surface area contributed by atoms with Crippen LogP contribution in [-0.4, -0.2) is 66.7 Å². The average molecular weight is 511 g/mol. The van der Waals surface area contributed by atoms with Crippen molar-refractivity contribution < 1.29 is 9.53 Å². The Kier molecular flexibility index (Phi) is 7.89. The van der Waals surface area contributed by atoms with Crippen LogP contribution in [0.2, 0.25) is 0 Å². The standard InChI is InChI=1S/C28H30N8O2/c1-6-27(37)31-21-16-22(25(38-5)17-24(21)35(4)15-14-34(2)3)32-28-30-12-10-26(33-28)36-13-11-20-19(18-29)8-7-9-23(20)36/h6-13,16-17H,1,14-15H2,2-5H3,(H,31,37)(H,30,32,33). The normalized spacial score (nSPS) is 10.7. The predicted octanol–water partition coefficient (Wildman–Crippen LogP) is 4.17. The van der Waals surface area contributed by atoms with Crippen molar-refractivity contribution in [1.29, 1.82) is 5.26 Å². The molecule has 0 spiro atoms. The van der Waals surface area contributed by atoms with Gasteiger partial charge in [0.05, 0.1) is 41.3 Å². The zero-order chi connectivity index (χ0) is 27.2. The summed E-state index contributed by atoms with van der Waals surface area (Å²) in [6.45, 7) is 5.14. The van der Waals surface area contributed by atoms with Crippen molar-refractivity contribution in [2.24, 2.45) is 0 Å². The van der Waals surface area contributed by atoms with Crippen LogP contribution < -0.4 is 20.3 Å². The number of methoxy groups -OCH3 is 1. The molecule has 2 heterocycles. The molecular formula is C28H30N8O2. The molecule has 0 aliphatic carbocycles. The summed E-state index contributed by atoms with van der Waals surface area (Å²) in [6.07, 6.45) is 4.76. The highest BCUT2D eigenvalue weighted by molar-refractivity contribution is 6.02.